The van der Waals surface area contributed by atoms with Crippen molar-refractivity contribution in [1.82, 2.24) is 19.7 Å². The van der Waals surface area contributed by atoms with E-state index in [1.54, 1.807) is 18.3 Å². The molecule has 1 unspecified atom stereocenters. The number of pyridine rings is 1. The number of rotatable bonds is 5. The number of carbonyl (C=O) groups excluding carboxylic acids is 1. The van der Waals surface area contributed by atoms with Gasteiger partial charge in [-0.25, -0.2) is 14.6 Å². The normalized spacial score (nSPS) is 14.8. The van der Waals surface area contributed by atoms with Gasteiger partial charge >= 0.3 is 24.3 Å². The first-order valence-corrected chi connectivity index (χ1v) is 10.5. The first-order valence-electron chi connectivity index (χ1n) is 10.5. The molecule has 38 heavy (non-hydrogen) atoms. The summed E-state index contributed by atoms with van der Waals surface area (Å²) < 4.78 is 76.2. The molecule has 0 aromatic carbocycles. The summed E-state index contributed by atoms with van der Waals surface area (Å²) in [5.41, 5.74) is 2.67. The Labute approximate surface area is 211 Å². The van der Waals surface area contributed by atoms with Gasteiger partial charge in [0, 0.05) is 26.4 Å². The molecule has 3 rings (SSSR count). The van der Waals surface area contributed by atoms with Crippen molar-refractivity contribution in [2.45, 2.75) is 31.7 Å². The fourth-order valence-corrected chi connectivity index (χ4v) is 3.17. The van der Waals surface area contributed by atoms with Crippen molar-refractivity contribution in [2.75, 3.05) is 26.9 Å². The summed E-state index contributed by atoms with van der Waals surface area (Å²) in [6.45, 7) is 3.61. The maximum Gasteiger partial charge on any atom is 0.490 e. The number of ether oxygens (including phenoxy) is 2. The minimum atomic E-state index is -5.08. The van der Waals surface area contributed by atoms with Crippen LogP contribution >= 0.6 is 0 Å². The van der Waals surface area contributed by atoms with Crippen LogP contribution in [0.1, 0.15) is 34.6 Å². The summed E-state index contributed by atoms with van der Waals surface area (Å²) in [6.07, 6.45) is -5.90. The molecule has 0 fully saturated rings. The summed E-state index contributed by atoms with van der Waals surface area (Å²) >= 11 is 0. The molecule has 11 nitrogen and oxygen atoms in total. The number of alkyl halides is 6. The number of carboxylic acid groups (broad SMARTS) is 2. The number of aliphatic carboxylic acids is 2. The number of aromatic nitrogens is 3. The second kappa shape index (κ2) is 13.6. The lowest BCUT2D eigenvalue weighted by Gasteiger charge is -2.36. The molecule has 1 aliphatic heterocycles. The standard InChI is InChI=1S/C17H22N4O3.2C2HF3O2/c1-4-24-11-14-15-12(10-19-20(15)2)7-9-21(14)17(22)13-6-5-8-18-16(13)23-3;2*3-2(4,5)1(6)7/h5-6,8,10,14H,4,7,9,11H2,1-3H3;2*(H,6,7). The number of amides is 1. The summed E-state index contributed by atoms with van der Waals surface area (Å²) in [5, 5.41) is 18.6. The van der Waals surface area contributed by atoms with Crippen LogP contribution in [0.4, 0.5) is 26.3 Å². The Morgan fingerprint density at radius 2 is 1.66 bits per heavy atom. The zero-order valence-corrected chi connectivity index (χ0v) is 20.2. The van der Waals surface area contributed by atoms with Gasteiger partial charge in [-0.15, -0.1) is 0 Å². The fourth-order valence-electron chi connectivity index (χ4n) is 3.17. The molecule has 2 aromatic heterocycles. The highest BCUT2D eigenvalue weighted by Gasteiger charge is 2.39. The van der Waals surface area contributed by atoms with Gasteiger partial charge in [-0.2, -0.15) is 31.4 Å². The van der Waals surface area contributed by atoms with Gasteiger partial charge in [0.25, 0.3) is 5.91 Å². The summed E-state index contributed by atoms with van der Waals surface area (Å²) in [6, 6.07) is 3.32. The van der Waals surface area contributed by atoms with Gasteiger partial charge in [-0.1, -0.05) is 0 Å². The van der Waals surface area contributed by atoms with Gasteiger partial charge in [0.15, 0.2) is 0 Å². The summed E-state index contributed by atoms with van der Waals surface area (Å²) in [7, 11) is 3.42. The Morgan fingerprint density at radius 3 is 2.13 bits per heavy atom. The van der Waals surface area contributed by atoms with E-state index in [9.17, 15) is 31.1 Å². The number of hydrogen-bond donors (Lipinski definition) is 2. The van der Waals surface area contributed by atoms with E-state index in [-0.39, 0.29) is 11.9 Å². The topological polar surface area (TPSA) is 144 Å². The number of halogens is 6. The first-order chi connectivity index (χ1) is 17.6. The largest absolute Gasteiger partial charge is 0.490 e. The van der Waals surface area contributed by atoms with E-state index in [0.29, 0.717) is 31.2 Å². The zero-order chi connectivity index (χ0) is 29.3. The third kappa shape index (κ3) is 8.89. The number of methoxy groups -OCH3 is 1. The Hall–Kier alpha value is -3.89. The molecule has 2 N–H and O–H groups in total. The van der Waals surface area contributed by atoms with Crippen molar-refractivity contribution < 1.29 is 60.4 Å². The summed E-state index contributed by atoms with van der Waals surface area (Å²) in [5.74, 6) is -5.27. The SMILES string of the molecule is CCOCC1c2c(cnn2C)CCN1C(=O)c1cccnc1OC.O=C(O)C(F)(F)F.O=C(O)C(F)(F)F. The van der Waals surface area contributed by atoms with Crippen molar-refractivity contribution >= 4 is 17.8 Å². The van der Waals surface area contributed by atoms with Gasteiger partial charge in [0.05, 0.1) is 31.6 Å². The van der Waals surface area contributed by atoms with Gasteiger partial charge < -0.3 is 24.6 Å². The number of carboxylic acids is 2. The smallest absolute Gasteiger partial charge is 0.480 e. The molecular weight excluding hydrogens is 534 g/mol. The van der Waals surface area contributed by atoms with Crippen LogP contribution in [0.3, 0.4) is 0 Å². The predicted octanol–water partition coefficient (Wildman–Crippen LogP) is 2.87. The van der Waals surface area contributed by atoms with Gasteiger partial charge in [0.1, 0.15) is 5.56 Å². The van der Waals surface area contributed by atoms with Crippen molar-refractivity contribution in [3.63, 3.8) is 0 Å². The Balaban J connectivity index is 0.000000426. The number of hydrogen-bond acceptors (Lipinski definition) is 7. The van der Waals surface area contributed by atoms with Crippen LogP contribution in [0.2, 0.25) is 0 Å². The van der Waals surface area contributed by atoms with E-state index < -0.39 is 24.3 Å². The second-order valence-corrected chi connectivity index (χ2v) is 7.27. The van der Waals surface area contributed by atoms with E-state index in [1.165, 1.54) is 12.7 Å². The van der Waals surface area contributed by atoms with Crippen LogP contribution in [-0.4, -0.2) is 86.9 Å². The van der Waals surface area contributed by atoms with E-state index in [1.807, 2.05) is 29.7 Å². The van der Waals surface area contributed by atoms with E-state index in [4.69, 9.17) is 29.3 Å². The third-order valence-electron chi connectivity index (χ3n) is 4.80. The molecule has 1 atom stereocenters. The van der Waals surface area contributed by atoms with E-state index in [0.717, 1.165) is 12.1 Å². The molecule has 0 radical (unpaired) electrons. The minimum absolute atomic E-state index is 0.100. The molecule has 0 saturated carbocycles. The Morgan fingerprint density at radius 1 is 1.11 bits per heavy atom. The molecule has 0 bridgehead atoms. The maximum absolute atomic E-state index is 13.1. The van der Waals surface area contributed by atoms with Gasteiger partial charge in [-0.05, 0) is 31.0 Å². The lowest BCUT2D eigenvalue weighted by molar-refractivity contribution is -0.193. The lowest BCUT2D eigenvalue weighted by Crippen LogP contribution is -2.43. The molecule has 3 heterocycles. The van der Waals surface area contributed by atoms with Crippen LogP contribution in [0.5, 0.6) is 5.88 Å². The fraction of sp³-hybridized carbons (Fsp3) is 0.476. The maximum atomic E-state index is 13.1. The lowest BCUT2D eigenvalue weighted by atomic mass is 9.99. The van der Waals surface area contributed by atoms with Crippen molar-refractivity contribution in [3.8, 4) is 5.88 Å². The number of nitrogens with zero attached hydrogens (tertiary/aromatic N) is 4. The van der Waals surface area contributed by atoms with Crippen molar-refractivity contribution in [2.24, 2.45) is 7.05 Å². The monoisotopic (exact) mass is 558 g/mol. The van der Waals surface area contributed by atoms with Crippen molar-refractivity contribution in [1.29, 1.82) is 0 Å². The zero-order valence-electron chi connectivity index (χ0n) is 20.2. The molecule has 1 amide bonds. The molecule has 0 aliphatic carbocycles. The van der Waals surface area contributed by atoms with Gasteiger partial charge in [-0.3, -0.25) is 9.48 Å². The minimum Gasteiger partial charge on any atom is -0.480 e. The molecule has 0 spiro atoms. The Bertz CT molecular complexity index is 1080. The Kier molecular flexibility index (Phi) is 11.5. The molecule has 17 heteroatoms. The van der Waals surface area contributed by atoms with Crippen LogP contribution in [-0.2, 0) is 27.8 Å². The predicted molar refractivity (Wildman–Crippen MR) is 115 cm³/mol. The highest BCUT2D eigenvalue weighted by atomic mass is 19.4. The van der Waals surface area contributed by atoms with Crippen molar-refractivity contribution in [3.05, 3.63) is 41.3 Å². The summed E-state index contributed by atoms with van der Waals surface area (Å²) in [4.78, 5) is 36.9. The molecule has 2 aromatic rings. The average Bonchev–Trinajstić information content (AvgIpc) is 3.22. The van der Waals surface area contributed by atoms with Gasteiger partial charge in [0.2, 0.25) is 5.88 Å². The highest BCUT2D eigenvalue weighted by molar-refractivity contribution is 5.96. The molecule has 0 saturated heterocycles. The average molecular weight is 558 g/mol. The number of carbonyl (C=O) groups is 3. The highest BCUT2D eigenvalue weighted by Crippen LogP contribution is 2.32. The van der Waals surface area contributed by atoms with Crippen LogP contribution in [0.15, 0.2) is 24.5 Å². The first kappa shape index (κ1) is 32.1. The quantitative estimate of drug-likeness (QED) is 0.530. The molecular formula is C21H24F6N4O7. The van der Waals surface area contributed by atoms with E-state index >= 15 is 0 Å². The van der Waals surface area contributed by atoms with Crippen LogP contribution in [0.25, 0.3) is 0 Å². The molecule has 212 valence electrons. The van der Waals surface area contributed by atoms with Crippen LogP contribution in [0, 0.1) is 0 Å². The third-order valence-corrected chi connectivity index (χ3v) is 4.80. The molecule has 1 aliphatic rings. The van der Waals surface area contributed by atoms with E-state index in [2.05, 4.69) is 10.1 Å². The second-order valence-electron chi connectivity index (χ2n) is 7.27. The number of fused-ring (bicyclic) bond motifs is 1. The number of aryl methyl sites for hydroxylation is 1. The van der Waals surface area contributed by atoms with Crippen LogP contribution < -0.4 is 4.74 Å².